The third kappa shape index (κ3) is 8.16. The van der Waals surface area contributed by atoms with Crippen LogP contribution < -0.4 is 4.74 Å². The lowest BCUT2D eigenvalue weighted by Gasteiger charge is -2.52. The van der Waals surface area contributed by atoms with Crippen LogP contribution in [0.3, 0.4) is 0 Å². The van der Waals surface area contributed by atoms with Crippen LogP contribution in [-0.2, 0) is 45.9 Å². The SMILES string of the molecule is OC1C[C@@H]2C(O)[C@@]1(c1ccc(Cl)c(Cc3ccc(OC(F)(F)F)cc3)c1)[C@@H](OCc1ccccc1)[C@@H](OCc1ccccc1)[C@H]2OCc1ccccc1. The van der Waals surface area contributed by atoms with Crippen molar-refractivity contribution >= 4 is 11.6 Å². The fourth-order valence-corrected chi connectivity index (χ4v) is 8.14. The van der Waals surface area contributed by atoms with Gasteiger partial charge in [0.25, 0.3) is 0 Å². The molecule has 5 aromatic carbocycles. The van der Waals surface area contributed by atoms with E-state index in [-0.39, 0.29) is 38.4 Å². The van der Waals surface area contributed by atoms with Gasteiger partial charge in [-0.05, 0) is 64.4 Å². The summed E-state index contributed by atoms with van der Waals surface area (Å²) in [5, 5.41) is 25.1. The summed E-state index contributed by atoms with van der Waals surface area (Å²) in [5.74, 6) is -0.833. The first-order valence-corrected chi connectivity index (χ1v) is 18.0. The predicted octanol–water partition coefficient (Wildman–Crippen LogP) is 8.58. The van der Waals surface area contributed by atoms with Crippen molar-refractivity contribution in [1.82, 2.24) is 0 Å². The molecule has 2 saturated carbocycles. The zero-order valence-electron chi connectivity index (χ0n) is 28.7. The molecular formula is C43H40ClF3O6. The van der Waals surface area contributed by atoms with E-state index in [1.54, 1.807) is 24.3 Å². The number of fused-ring (bicyclic) bond motifs is 2. The molecule has 6 nitrogen and oxygen atoms in total. The van der Waals surface area contributed by atoms with Crippen molar-refractivity contribution in [2.24, 2.45) is 5.92 Å². The minimum absolute atomic E-state index is 0.181. The normalized spacial score (nSPS) is 25.3. The lowest BCUT2D eigenvalue weighted by molar-refractivity contribution is -0.274. The molecule has 0 aliphatic heterocycles. The lowest BCUT2D eigenvalue weighted by Crippen LogP contribution is -2.66. The molecule has 2 fully saturated rings. The van der Waals surface area contributed by atoms with Gasteiger partial charge in [-0.2, -0.15) is 0 Å². The van der Waals surface area contributed by atoms with Crippen molar-refractivity contribution in [3.05, 3.63) is 172 Å². The number of aliphatic hydroxyl groups is 2. The van der Waals surface area contributed by atoms with Crippen molar-refractivity contribution in [2.45, 2.75) is 75.0 Å². The second-order valence-electron chi connectivity index (χ2n) is 13.7. The van der Waals surface area contributed by atoms with Gasteiger partial charge in [0.2, 0.25) is 0 Å². The van der Waals surface area contributed by atoms with Crippen LogP contribution in [0.15, 0.2) is 133 Å². The molecular weight excluding hydrogens is 705 g/mol. The van der Waals surface area contributed by atoms with E-state index in [1.165, 1.54) is 12.1 Å². The Morgan fingerprint density at radius 1 is 0.642 bits per heavy atom. The Bertz CT molecular complexity index is 1930. The minimum atomic E-state index is -4.80. The van der Waals surface area contributed by atoms with Crippen LogP contribution in [0.1, 0.15) is 39.8 Å². The Balaban J connectivity index is 1.28. The van der Waals surface area contributed by atoms with Gasteiger partial charge >= 0.3 is 6.36 Å². The van der Waals surface area contributed by atoms with Crippen molar-refractivity contribution in [3.63, 3.8) is 0 Å². The summed E-state index contributed by atoms with van der Waals surface area (Å²) in [4.78, 5) is 0. The molecule has 2 aliphatic rings. The maximum atomic E-state index is 12.8. The Kier molecular flexibility index (Phi) is 11.2. The molecule has 0 spiro atoms. The maximum Gasteiger partial charge on any atom is 0.573 e. The minimum Gasteiger partial charge on any atom is -0.406 e. The molecule has 7 atom stereocenters. The fourth-order valence-electron chi connectivity index (χ4n) is 7.96. The average molecular weight is 745 g/mol. The number of hydrogen-bond donors (Lipinski definition) is 2. The highest BCUT2D eigenvalue weighted by molar-refractivity contribution is 6.31. The number of aliphatic hydroxyl groups excluding tert-OH is 2. The van der Waals surface area contributed by atoms with E-state index in [0.717, 1.165) is 16.7 Å². The van der Waals surface area contributed by atoms with E-state index >= 15 is 0 Å². The quantitative estimate of drug-likeness (QED) is 0.126. The van der Waals surface area contributed by atoms with Gasteiger partial charge in [-0.1, -0.05) is 127 Å². The van der Waals surface area contributed by atoms with Crippen LogP contribution in [-0.4, -0.2) is 47.1 Å². The summed E-state index contributed by atoms with van der Waals surface area (Å²) in [5.41, 5.74) is 3.44. The van der Waals surface area contributed by atoms with Crippen molar-refractivity contribution in [3.8, 4) is 5.75 Å². The van der Waals surface area contributed by atoms with E-state index in [0.29, 0.717) is 21.7 Å². The summed E-state index contributed by atoms with van der Waals surface area (Å²) in [6.07, 6.45) is -8.67. The zero-order chi connectivity index (χ0) is 37.0. The molecule has 0 saturated heterocycles. The second-order valence-corrected chi connectivity index (χ2v) is 14.1. The first kappa shape index (κ1) is 37.1. The number of rotatable bonds is 13. The summed E-state index contributed by atoms with van der Waals surface area (Å²) >= 11 is 6.75. The molecule has 2 N–H and O–H groups in total. The number of alkyl halides is 3. The molecule has 5 aromatic rings. The smallest absolute Gasteiger partial charge is 0.406 e. The Morgan fingerprint density at radius 3 is 1.72 bits per heavy atom. The number of hydrogen-bond acceptors (Lipinski definition) is 6. The number of halogens is 4. The third-order valence-electron chi connectivity index (χ3n) is 10.4. The molecule has 276 valence electrons. The van der Waals surface area contributed by atoms with Crippen LogP contribution in [0.25, 0.3) is 0 Å². The summed E-state index contributed by atoms with van der Waals surface area (Å²) in [6, 6.07) is 40.2. The first-order chi connectivity index (χ1) is 25.6. The van der Waals surface area contributed by atoms with Gasteiger partial charge in [0.05, 0.1) is 43.5 Å². The molecule has 0 heterocycles. The van der Waals surface area contributed by atoms with E-state index in [4.69, 9.17) is 25.8 Å². The van der Waals surface area contributed by atoms with Gasteiger partial charge in [0.1, 0.15) is 18.0 Å². The second kappa shape index (κ2) is 16.0. The third-order valence-corrected chi connectivity index (χ3v) is 10.8. The molecule has 2 unspecified atom stereocenters. The van der Waals surface area contributed by atoms with E-state index in [2.05, 4.69) is 4.74 Å². The van der Waals surface area contributed by atoms with Crippen LogP contribution in [0, 0.1) is 5.92 Å². The van der Waals surface area contributed by atoms with E-state index in [9.17, 15) is 23.4 Å². The summed E-state index contributed by atoms with van der Waals surface area (Å²) < 4.78 is 62.7. The largest absolute Gasteiger partial charge is 0.573 e. The highest BCUT2D eigenvalue weighted by Gasteiger charge is 2.69. The Hall–Kier alpha value is -4.22. The van der Waals surface area contributed by atoms with Crippen LogP contribution >= 0.6 is 11.6 Å². The monoisotopic (exact) mass is 744 g/mol. The molecule has 10 heteroatoms. The van der Waals surface area contributed by atoms with Crippen molar-refractivity contribution in [1.29, 1.82) is 0 Å². The summed E-state index contributed by atoms with van der Waals surface area (Å²) in [7, 11) is 0. The molecule has 53 heavy (non-hydrogen) atoms. The van der Waals surface area contributed by atoms with Gasteiger partial charge in [-0.15, -0.1) is 13.2 Å². The molecule has 2 aliphatic carbocycles. The van der Waals surface area contributed by atoms with Gasteiger partial charge in [0, 0.05) is 10.9 Å². The molecule has 7 rings (SSSR count). The van der Waals surface area contributed by atoms with Crippen molar-refractivity contribution < 1.29 is 42.3 Å². The van der Waals surface area contributed by atoms with Gasteiger partial charge in [-0.3, -0.25) is 0 Å². The number of benzene rings is 5. The van der Waals surface area contributed by atoms with Crippen LogP contribution in [0.5, 0.6) is 5.75 Å². The average Bonchev–Trinajstić information content (AvgIpc) is 3.36. The van der Waals surface area contributed by atoms with Crippen LogP contribution in [0.4, 0.5) is 13.2 Å². The van der Waals surface area contributed by atoms with Gasteiger partial charge in [-0.25, -0.2) is 0 Å². The topological polar surface area (TPSA) is 77.4 Å². The van der Waals surface area contributed by atoms with E-state index < -0.39 is 48.2 Å². The van der Waals surface area contributed by atoms with Gasteiger partial charge < -0.3 is 29.2 Å². The Labute approximate surface area is 311 Å². The maximum absolute atomic E-state index is 12.8. The Morgan fingerprint density at radius 2 is 1.17 bits per heavy atom. The zero-order valence-corrected chi connectivity index (χ0v) is 29.5. The van der Waals surface area contributed by atoms with E-state index in [1.807, 2.05) is 97.1 Å². The lowest BCUT2D eigenvalue weighted by atomic mass is 9.63. The fraction of sp³-hybridized carbons (Fsp3) is 0.302. The standard InChI is InChI=1S/C43H40ClF3O6/c44-36-21-18-33(23-32(36)22-28-16-19-34(20-17-28)53-43(45,46)47)42-37(48)24-35(40(42)49)38(50-25-29-10-4-1-5-11-29)39(51-26-30-12-6-2-7-13-30)41(42)52-27-31-14-8-3-9-15-31/h1-21,23,35,37-41,48-49H,22,24-27H2/t35-,37?,38-,39-,40?,41-,42-/m0/s1. The highest BCUT2D eigenvalue weighted by atomic mass is 35.5. The van der Waals surface area contributed by atoms with Gasteiger partial charge in [0.15, 0.2) is 0 Å². The highest BCUT2D eigenvalue weighted by Crippen LogP contribution is 2.56. The summed E-state index contributed by atoms with van der Waals surface area (Å²) in [6.45, 7) is 0.698. The predicted molar refractivity (Wildman–Crippen MR) is 194 cm³/mol. The van der Waals surface area contributed by atoms with Crippen molar-refractivity contribution in [2.75, 3.05) is 0 Å². The molecule has 0 aromatic heterocycles. The van der Waals surface area contributed by atoms with Crippen LogP contribution in [0.2, 0.25) is 5.02 Å². The molecule has 0 amide bonds. The number of ether oxygens (including phenoxy) is 4. The first-order valence-electron chi connectivity index (χ1n) is 17.6. The molecule has 2 bridgehead atoms. The molecule has 0 radical (unpaired) electrons.